The Balaban J connectivity index is 2.13. The fourth-order valence-electron chi connectivity index (χ4n) is 2.76. The van der Waals surface area contributed by atoms with Crippen LogP contribution in [-0.4, -0.2) is 19.5 Å². The van der Waals surface area contributed by atoms with Crippen molar-refractivity contribution < 1.29 is 4.12 Å². The van der Waals surface area contributed by atoms with Gasteiger partial charge in [-0.3, -0.25) is 0 Å². The first-order valence-corrected chi connectivity index (χ1v) is 9.78. The van der Waals surface area contributed by atoms with Crippen LogP contribution in [-0.2, 0) is 17.0 Å². The highest BCUT2D eigenvalue weighted by Crippen LogP contribution is 2.30. The van der Waals surface area contributed by atoms with Gasteiger partial charge in [0.15, 0.2) is 0 Å². The zero-order valence-corrected chi connectivity index (χ0v) is 15.3. The molecule has 0 N–H and O–H groups in total. The first-order valence-electron chi connectivity index (χ1n) is 7.81. The Morgan fingerprint density at radius 2 is 1.22 bits per heavy atom. The molecule has 0 spiro atoms. The minimum Gasteiger partial charge on any atom is -0.456 e. The summed E-state index contributed by atoms with van der Waals surface area (Å²) in [5.41, 5.74) is 3.25. The van der Waals surface area contributed by atoms with Gasteiger partial charge in [-0.25, -0.2) is 0 Å². The van der Waals surface area contributed by atoms with E-state index in [0.717, 1.165) is 12.8 Å². The van der Waals surface area contributed by atoms with Crippen LogP contribution in [0.25, 0.3) is 0 Å². The molecular formula is C20H22OSi2. The molecule has 2 atom stereocenters. The molecule has 0 bridgehead atoms. The third kappa shape index (κ3) is 5.17. The molecule has 0 aliphatic carbocycles. The molecule has 0 saturated carbocycles. The van der Waals surface area contributed by atoms with Crippen molar-refractivity contribution in [2.24, 2.45) is 0 Å². The molecule has 0 aliphatic heterocycles. The van der Waals surface area contributed by atoms with Gasteiger partial charge in [-0.15, -0.1) is 13.2 Å². The third-order valence-corrected chi connectivity index (χ3v) is 7.30. The lowest BCUT2D eigenvalue weighted by molar-refractivity contribution is 0.588. The maximum Gasteiger partial charge on any atom is 0.229 e. The Bertz CT molecular complexity index is 544. The zero-order chi connectivity index (χ0) is 16.5. The SMILES string of the molecule is C=CC(Cc1ccccc1)[Si](O[Si])C(C=C)Cc1ccccc1. The van der Waals surface area contributed by atoms with Crippen molar-refractivity contribution >= 4 is 19.5 Å². The van der Waals surface area contributed by atoms with Crippen LogP contribution < -0.4 is 0 Å². The van der Waals surface area contributed by atoms with Gasteiger partial charge in [-0.05, 0) is 35.1 Å². The summed E-state index contributed by atoms with van der Waals surface area (Å²) in [4.78, 5) is 0. The summed E-state index contributed by atoms with van der Waals surface area (Å²) < 4.78 is 5.77. The van der Waals surface area contributed by atoms with Crippen molar-refractivity contribution in [2.45, 2.75) is 23.9 Å². The van der Waals surface area contributed by atoms with Crippen LogP contribution in [0.15, 0.2) is 86.0 Å². The van der Waals surface area contributed by atoms with Gasteiger partial charge >= 0.3 is 0 Å². The van der Waals surface area contributed by atoms with Crippen molar-refractivity contribution in [3.63, 3.8) is 0 Å². The molecule has 4 radical (unpaired) electrons. The molecule has 0 fully saturated rings. The van der Waals surface area contributed by atoms with Crippen LogP contribution >= 0.6 is 0 Å². The van der Waals surface area contributed by atoms with Crippen LogP contribution in [0, 0.1) is 0 Å². The van der Waals surface area contributed by atoms with Gasteiger partial charge in [0.05, 0.1) is 0 Å². The van der Waals surface area contributed by atoms with Gasteiger partial charge in [0.1, 0.15) is 0 Å². The molecule has 1 nitrogen and oxygen atoms in total. The van der Waals surface area contributed by atoms with E-state index in [1.807, 2.05) is 24.3 Å². The third-order valence-electron chi connectivity index (χ3n) is 4.01. The molecule has 0 aromatic heterocycles. The zero-order valence-electron chi connectivity index (χ0n) is 13.3. The number of rotatable bonds is 9. The summed E-state index contributed by atoms with van der Waals surface area (Å²) in [6, 6.07) is 21.0. The first-order chi connectivity index (χ1) is 11.3. The molecule has 2 rings (SSSR count). The smallest absolute Gasteiger partial charge is 0.229 e. The minimum atomic E-state index is -1.18. The lowest BCUT2D eigenvalue weighted by Gasteiger charge is -2.27. The standard InChI is InChI=1S/C20H22OSi2/c1-3-19(15-17-11-7-5-8-12-17)23(21-22)20(4-2)16-18-13-9-6-10-14-18/h3-14,19-20H,1-2,15-16H2. The maximum atomic E-state index is 5.77. The number of benzene rings is 2. The topological polar surface area (TPSA) is 9.23 Å². The van der Waals surface area contributed by atoms with Crippen molar-refractivity contribution in [1.29, 1.82) is 0 Å². The van der Waals surface area contributed by atoms with Crippen LogP contribution in [0.3, 0.4) is 0 Å². The van der Waals surface area contributed by atoms with Gasteiger partial charge in [-0.2, -0.15) is 0 Å². The fraction of sp³-hybridized carbons (Fsp3) is 0.200. The van der Waals surface area contributed by atoms with Gasteiger partial charge in [0, 0.05) is 0 Å². The summed E-state index contributed by atoms with van der Waals surface area (Å²) >= 11 is 0. The summed E-state index contributed by atoms with van der Waals surface area (Å²) in [7, 11) is 2.15. The quantitative estimate of drug-likeness (QED) is 0.478. The van der Waals surface area contributed by atoms with Gasteiger partial charge in [0.25, 0.3) is 0 Å². The monoisotopic (exact) mass is 334 g/mol. The van der Waals surface area contributed by atoms with E-state index in [2.05, 4.69) is 72.2 Å². The molecule has 2 unspecified atom stereocenters. The predicted molar refractivity (Wildman–Crippen MR) is 101 cm³/mol. The Morgan fingerprint density at radius 3 is 1.52 bits per heavy atom. The fourth-order valence-corrected chi connectivity index (χ4v) is 5.86. The highest BCUT2D eigenvalue weighted by atomic mass is 28.3. The second kappa shape index (κ2) is 9.45. The van der Waals surface area contributed by atoms with Gasteiger partial charge in [-0.1, -0.05) is 72.8 Å². The van der Waals surface area contributed by atoms with Crippen molar-refractivity contribution in [3.8, 4) is 0 Å². The van der Waals surface area contributed by atoms with E-state index in [0.29, 0.717) is 11.1 Å². The molecule has 2 aromatic rings. The molecular weight excluding hydrogens is 312 g/mol. The van der Waals surface area contributed by atoms with E-state index in [1.165, 1.54) is 11.1 Å². The number of hydrogen-bond acceptors (Lipinski definition) is 1. The summed E-state index contributed by atoms with van der Waals surface area (Å²) in [5, 5.41) is 0. The second-order valence-electron chi connectivity index (χ2n) is 5.57. The highest BCUT2D eigenvalue weighted by Gasteiger charge is 2.29. The minimum absolute atomic E-state index is 0.312. The lowest BCUT2D eigenvalue weighted by atomic mass is 10.1. The van der Waals surface area contributed by atoms with E-state index in [9.17, 15) is 0 Å². The second-order valence-corrected chi connectivity index (χ2v) is 8.67. The van der Waals surface area contributed by atoms with E-state index in [-0.39, 0.29) is 0 Å². The van der Waals surface area contributed by atoms with Crippen molar-refractivity contribution in [3.05, 3.63) is 97.1 Å². The van der Waals surface area contributed by atoms with Crippen LogP contribution in [0.5, 0.6) is 0 Å². The van der Waals surface area contributed by atoms with Crippen molar-refractivity contribution in [1.82, 2.24) is 0 Å². The molecule has 0 heterocycles. The molecule has 23 heavy (non-hydrogen) atoms. The lowest BCUT2D eigenvalue weighted by Crippen LogP contribution is -2.30. The Labute approximate surface area is 145 Å². The predicted octanol–water partition coefficient (Wildman–Crippen LogP) is 4.68. The molecule has 2 aromatic carbocycles. The number of allylic oxidation sites excluding steroid dienone is 2. The molecule has 0 aliphatic rings. The largest absolute Gasteiger partial charge is 0.456 e. The summed E-state index contributed by atoms with van der Waals surface area (Å²) in [6.07, 6.45) is 5.95. The Kier molecular flexibility index (Phi) is 7.26. The average molecular weight is 335 g/mol. The van der Waals surface area contributed by atoms with E-state index in [4.69, 9.17) is 4.12 Å². The molecule has 0 amide bonds. The van der Waals surface area contributed by atoms with Gasteiger partial charge in [0.2, 0.25) is 19.5 Å². The summed E-state index contributed by atoms with van der Waals surface area (Å²) in [6.45, 7) is 8.08. The van der Waals surface area contributed by atoms with Crippen molar-refractivity contribution in [2.75, 3.05) is 0 Å². The van der Waals surface area contributed by atoms with Crippen LogP contribution in [0.2, 0.25) is 11.1 Å². The Morgan fingerprint density at radius 1 is 0.826 bits per heavy atom. The van der Waals surface area contributed by atoms with Crippen LogP contribution in [0.4, 0.5) is 0 Å². The number of hydrogen-bond donors (Lipinski definition) is 0. The average Bonchev–Trinajstić information content (AvgIpc) is 2.62. The molecule has 116 valence electrons. The van der Waals surface area contributed by atoms with E-state index in [1.54, 1.807) is 0 Å². The molecule has 3 heteroatoms. The van der Waals surface area contributed by atoms with E-state index >= 15 is 0 Å². The van der Waals surface area contributed by atoms with E-state index < -0.39 is 9.04 Å². The normalized spacial score (nSPS) is 13.5. The summed E-state index contributed by atoms with van der Waals surface area (Å²) in [5.74, 6) is 0. The van der Waals surface area contributed by atoms with Gasteiger partial charge < -0.3 is 4.12 Å². The highest BCUT2D eigenvalue weighted by molar-refractivity contribution is 6.60. The maximum absolute atomic E-state index is 5.77. The first kappa shape index (κ1) is 17.7. The van der Waals surface area contributed by atoms with Crippen LogP contribution in [0.1, 0.15) is 11.1 Å². The molecule has 0 saturated heterocycles. The Hall–Kier alpha value is -1.69.